The molecule has 6 nitrogen and oxygen atoms in total. The number of para-hydroxylation sites is 2. The lowest BCUT2D eigenvalue weighted by molar-refractivity contribution is -0.115. The van der Waals surface area contributed by atoms with Crippen molar-refractivity contribution in [2.75, 3.05) is 16.0 Å². The first-order valence-corrected chi connectivity index (χ1v) is 10.6. The second-order valence-electron chi connectivity index (χ2n) is 6.73. The minimum absolute atomic E-state index is 0.113. The second kappa shape index (κ2) is 9.69. The number of benzene rings is 3. The van der Waals surface area contributed by atoms with Crippen LogP contribution >= 0.6 is 11.3 Å². The van der Waals surface area contributed by atoms with E-state index >= 15 is 0 Å². The molecule has 0 saturated carbocycles. The number of urea groups is 1. The number of carbonyl (C=O) groups is 2. The average molecular weight is 429 g/mol. The van der Waals surface area contributed by atoms with Crippen LogP contribution in [0, 0.1) is 0 Å². The molecule has 0 aliphatic rings. The summed E-state index contributed by atoms with van der Waals surface area (Å²) in [5, 5.41) is 10.6. The summed E-state index contributed by atoms with van der Waals surface area (Å²) in [6, 6.07) is 26.3. The molecule has 3 aromatic carbocycles. The van der Waals surface area contributed by atoms with Crippen LogP contribution in [0.2, 0.25) is 0 Å². The molecule has 0 aliphatic heterocycles. The molecule has 4 aromatic rings. The van der Waals surface area contributed by atoms with E-state index < -0.39 is 0 Å². The Morgan fingerprint density at radius 2 is 1.45 bits per heavy atom. The fourth-order valence-corrected chi connectivity index (χ4v) is 3.75. The molecule has 3 N–H and O–H groups in total. The Hall–Kier alpha value is -3.97. The molecule has 7 heteroatoms. The molecule has 31 heavy (non-hydrogen) atoms. The largest absolute Gasteiger partial charge is 0.325 e. The van der Waals surface area contributed by atoms with E-state index in [-0.39, 0.29) is 18.4 Å². The van der Waals surface area contributed by atoms with Gasteiger partial charge >= 0.3 is 6.03 Å². The summed E-state index contributed by atoms with van der Waals surface area (Å²) in [6.45, 7) is 0. The van der Waals surface area contributed by atoms with Gasteiger partial charge in [-0.05, 0) is 23.8 Å². The van der Waals surface area contributed by atoms with Gasteiger partial charge < -0.3 is 10.6 Å². The second-order valence-corrected chi connectivity index (χ2v) is 7.58. The number of aromatic nitrogens is 1. The van der Waals surface area contributed by atoms with Gasteiger partial charge in [-0.25, -0.2) is 9.78 Å². The molecule has 4 rings (SSSR count). The highest BCUT2D eigenvalue weighted by Gasteiger charge is 2.12. The highest BCUT2D eigenvalue weighted by molar-refractivity contribution is 7.14. The normalized spacial score (nSPS) is 10.3. The molecule has 1 aromatic heterocycles. The number of hydrogen-bond donors (Lipinski definition) is 3. The summed E-state index contributed by atoms with van der Waals surface area (Å²) in [7, 11) is 0. The van der Waals surface area contributed by atoms with Gasteiger partial charge in [0, 0.05) is 22.3 Å². The van der Waals surface area contributed by atoms with Crippen molar-refractivity contribution in [1.82, 2.24) is 4.98 Å². The van der Waals surface area contributed by atoms with Gasteiger partial charge in [0.2, 0.25) is 5.91 Å². The molecule has 0 aliphatic carbocycles. The first kappa shape index (κ1) is 20.3. The van der Waals surface area contributed by atoms with Gasteiger partial charge in [-0.3, -0.25) is 10.1 Å². The van der Waals surface area contributed by atoms with Crippen molar-refractivity contribution in [2.45, 2.75) is 6.42 Å². The van der Waals surface area contributed by atoms with Crippen LogP contribution in [0.1, 0.15) is 5.69 Å². The summed E-state index contributed by atoms with van der Waals surface area (Å²) in [4.78, 5) is 29.0. The first-order valence-electron chi connectivity index (χ1n) is 9.69. The molecule has 1 heterocycles. The Labute approximate surface area is 184 Å². The third-order valence-corrected chi connectivity index (χ3v) is 5.24. The van der Waals surface area contributed by atoms with E-state index in [9.17, 15) is 9.59 Å². The fourth-order valence-electron chi connectivity index (χ4n) is 3.05. The number of carbonyl (C=O) groups excluding carboxylic acids is 2. The van der Waals surface area contributed by atoms with Gasteiger partial charge in [0.15, 0.2) is 5.13 Å². The zero-order valence-corrected chi connectivity index (χ0v) is 17.4. The summed E-state index contributed by atoms with van der Waals surface area (Å²) < 4.78 is 0. The lowest BCUT2D eigenvalue weighted by Gasteiger charge is -2.11. The summed E-state index contributed by atoms with van der Waals surface area (Å²) in [5.41, 5.74) is 4.01. The van der Waals surface area contributed by atoms with Crippen LogP contribution in [0.3, 0.4) is 0 Å². The SMILES string of the molecule is O=C(Cc1csc(NC(=O)Nc2ccccc2)n1)Nc1ccccc1-c1ccccc1. The van der Waals surface area contributed by atoms with Gasteiger partial charge in [-0.1, -0.05) is 66.7 Å². The average Bonchev–Trinajstić information content (AvgIpc) is 3.21. The highest BCUT2D eigenvalue weighted by atomic mass is 32.1. The summed E-state index contributed by atoms with van der Waals surface area (Å²) in [6.07, 6.45) is 0.113. The number of anilines is 3. The Balaban J connectivity index is 1.36. The smallest absolute Gasteiger partial charge is 0.325 e. The van der Waals surface area contributed by atoms with Crippen LogP contribution in [0.15, 0.2) is 90.3 Å². The maximum Gasteiger partial charge on any atom is 0.325 e. The monoisotopic (exact) mass is 428 g/mol. The maximum absolute atomic E-state index is 12.6. The van der Waals surface area contributed by atoms with E-state index in [0.29, 0.717) is 16.5 Å². The molecule has 0 atom stereocenters. The molecule has 0 unspecified atom stereocenters. The molecule has 0 fully saturated rings. The van der Waals surface area contributed by atoms with E-state index in [0.717, 1.165) is 16.8 Å². The third kappa shape index (κ3) is 5.55. The van der Waals surface area contributed by atoms with E-state index in [4.69, 9.17) is 0 Å². The van der Waals surface area contributed by atoms with Crippen molar-refractivity contribution < 1.29 is 9.59 Å². The summed E-state index contributed by atoms with van der Waals surface area (Å²) >= 11 is 1.27. The molecular weight excluding hydrogens is 408 g/mol. The number of hydrogen-bond acceptors (Lipinski definition) is 4. The predicted octanol–water partition coefficient (Wildman–Crippen LogP) is 5.64. The van der Waals surface area contributed by atoms with Crippen LogP contribution in [-0.2, 0) is 11.2 Å². The number of thiazole rings is 1. The van der Waals surface area contributed by atoms with Crippen LogP contribution in [-0.4, -0.2) is 16.9 Å². The molecule has 154 valence electrons. The number of nitrogens with zero attached hydrogens (tertiary/aromatic N) is 1. The lowest BCUT2D eigenvalue weighted by Crippen LogP contribution is -2.19. The molecule has 0 saturated heterocycles. The molecular formula is C24H20N4O2S. The Bertz CT molecular complexity index is 1180. The Morgan fingerprint density at radius 3 is 2.23 bits per heavy atom. The van der Waals surface area contributed by atoms with Crippen molar-refractivity contribution in [3.05, 3.63) is 96.0 Å². The standard InChI is InChI=1S/C24H20N4O2S/c29-22(27-21-14-8-7-13-20(21)17-9-3-1-4-10-17)15-19-16-31-24(26-19)28-23(30)25-18-11-5-2-6-12-18/h1-14,16H,15H2,(H,27,29)(H2,25,26,28,30). The van der Waals surface area contributed by atoms with Crippen molar-refractivity contribution in [2.24, 2.45) is 0 Å². The van der Waals surface area contributed by atoms with Gasteiger partial charge in [0.1, 0.15) is 0 Å². The minimum atomic E-state index is -0.381. The quantitative estimate of drug-likeness (QED) is 0.372. The fraction of sp³-hybridized carbons (Fsp3) is 0.0417. The van der Waals surface area contributed by atoms with Crippen LogP contribution in [0.4, 0.5) is 21.3 Å². The zero-order valence-electron chi connectivity index (χ0n) is 16.5. The van der Waals surface area contributed by atoms with Gasteiger partial charge in [-0.15, -0.1) is 11.3 Å². The van der Waals surface area contributed by atoms with Gasteiger partial charge in [0.25, 0.3) is 0 Å². The van der Waals surface area contributed by atoms with Crippen molar-refractivity contribution in [3.8, 4) is 11.1 Å². The van der Waals surface area contributed by atoms with Gasteiger partial charge in [0.05, 0.1) is 12.1 Å². The highest BCUT2D eigenvalue weighted by Crippen LogP contribution is 2.27. The Morgan fingerprint density at radius 1 is 0.774 bits per heavy atom. The van der Waals surface area contributed by atoms with Crippen molar-refractivity contribution in [1.29, 1.82) is 0 Å². The van der Waals surface area contributed by atoms with Crippen LogP contribution in [0.5, 0.6) is 0 Å². The van der Waals surface area contributed by atoms with E-state index in [1.165, 1.54) is 11.3 Å². The predicted molar refractivity (Wildman–Crippen MR) is 125 cm³/mol. The minimum Gasteiger partial charge on any atom is -0.325 e. The number of amides is 3. The topological polar surface area (TPSA) is 83.1 Å². The zero-order chi connectivity index (χ0) is 21.5. The molecule has 0 radical (unpaired) electrons. The number of rotatable bonds is 6. The molecule has 3 amide bonds. The molecule has 0 spiro atoms. The third-order valence-electron chi connectivity index (χ3n) is 4.43. The van der Waals surface area contributed by atoms with E-state index in [1.54, 1.807) is 17.5 Å². The first-order chi connectivity index (χ1) is 15.2. The summed E-state index contributed by atoms with van der Waals surface area (Å²) in [5.74, 6) is -0.172. The van der Waals surface area contributed by atoms with E-state index in [2.05, 4.69) is 20.9 Å². The van der Waals surface area contributed by atoms with Gasteiger partial charge in [-0.2, -0.15) is 0 Å². The van der Waals surface area contributed by atoms with Crippen molar-refractivity contribution in [3.63, 3.8) is 0 Å². The molecule has 0 bridgehead atoms. The lowest BCUT2D eigenvalue weighted by atomic mass is 10.0. The van der Waals surface area contributed by atoms with Crippen LogP contribution in [0.25, 0.3) is 11.1 Å². The maximum atomic E-state index is 12.6. The van der Waals surface area contributed by atoms with Crippen molar-refractivity contribution >= 4 is 39.8 Å². The number of nitrogens with one attached hydrogen (secondary N) is 3. The van der Waals surface area contributed by atoms with E-state index in [1.807, 2.05) is 72.8 Å². The van der Waals surface area contributed by atoms with Crippen LogP contribution < -0.4 is 16.0 Å². The Kier molecular flexibility index (Phi) is 6.35.